The molecule has 1 aromatic carbocycles. The molecule has 6 nitrogen and oxygen atoms in total. The molecule has 1 aromatic rings. The van der Waals surface area contributed by atoms with E-state index in [-0.39, 0.29) is 17.7 Å². The van der Waals surface area contributed by atoms with Gasteiger partial charge in [-0.2, -0.15) is 0 Å². The van der Waals surface area contributed by atoms with Crippen LogP contribution in [0.4, 0.5) is 10.5 Å². The number of carboxylic acid groups (broad SMARTS) is 1. The third-order valence-electron chi connectivity index (χ3n) is 3.50. The average Bonchev–Trinajstić information content (AvgIpc) is 2.93. The first-order valence-corrected chi connectivity index (χ1v) is 6.95. The maximum atomic E-state index is 12.1. The van der Waals surface area contributed by atoms with E-state index in [9.17, 15) is 14.7 Å². The van der Waals surface area contributed by atoms with Crippen LogP contribution in [0, 0.1) is 6.92 Å². The summed E-state index contributed by atoms with van der Waals surface area (Å²) in [5, 5.41) is 11.8. The second-order valence-corrected chi connectivity index (χ2v) is 5.30. The van der Waals surface area contributed by atoms with Crippen molar-refractivity contribution in [3.63, 3.8) is 0 Å². The van der Waals surface area contributed by atoms with Gasteiger partial charge in [0.15, 0.2) is 0 Å². The second-order valence-electron chi connectivity index (χ2n) is 5.30. The Hall–Kier alpha value is -2.08. The van der Waals surface area contributed by atoms with Crippen molar-refractivity contribution in [1.82, 2.24) is 4.90 Å². The fraction of sp³-hybridized carbons (Fsp3) is 0.467. The van der Waals surface area contributed by atoms with Crippen molar-refractivity contribution in [1.29, 1.82) is 0 Å². The lowest BCUT2D eigenvalue weighted by Gasteiger charge is -2.21. The van der Waals surface area contributed by atoms with Crippen LogP contribution in [0.15, 0.2) is 18.2 Å². The number of anilines is 1. The largest absolute Gasteiger partial charge is 0.478 e. The van der Waals surface area contributed by atoms with Gasteiger partial charge in [-0.25, -0.2) is 9.59 Å². The first-order valence-electron chi connectivity index (χ1n) is 6.95. The number of likely N-dealkylation sites (N-methyl/N-ethyl adjacent to an activating group) is 1. The number of urea groups is 1. The van der Waals surface area contributed by atoms with Crippen LogP contribution in [-0.4, -0.2) is 48.3 Å². The molecule has 2 amide bonds. The molecule has 0 saturated carbocycles. The highest BCUT2D eigenvalue weighted by Crippen LogP contribution is 2.18. The van der Waals surface area contributed by atoms with Gasteiger partial charge in [-0.3, -0.25) is 0 Å². The summed E-state index contributed by atoms with van der Waals surface area (Å²) in [6.45, 7) is 3.04. The van der Waals surface area contributed by atoms with Gasteiger partial charge in [-0.15, -0.1) is 0 Å². The zero-order valence-corrected chi connectivity index (χ0v) is 12.3. The highest BCUT2D eigenvalue weighted by atomic mass is 16.5. The highest BCUT2D eigenvalue weighted by Gasteiger charge is 2.21. The predicted octanol–water partition coefficient (Wildman–Crippen LogP) is 2.34. The van der Waals surface area contributed by atoms with Gasteiger partial charge in [-0.1, -0.05) is 11.6 Å². The van der Waals surface area contributed by atoms with Crippen molar-refractivity contribution in [2.24, 2.45) is 0 Å². The van der Waals surface area contributed by atoms with Gasteiger partial charge in [0, 0.05) is 20.2 Å². The zero-order chi connectivity index (χ0) is 15.4. The number of aryl methyl sites for hydroxylation is 1. The molecule has 1 aliphatic heterocycles. The molecule has 21 heavy (non-hydrogen) atoms. The predicted molar refractivity (Wildman–Crippen MR) is 78.8 cm³/mol. The Labute approximate surface area is 123 Å². The molecule has 1 heterocycles. The average molecular weight is 292 g/mol. The molecule has 0 aromatic heterocycles. The summed E-state index contributed by atoms with van der Waals surface area (Å²) in [7, 11) is 1.67. The minimum absolute atomic E-state index is 0.0673. The minimum atomic E-state index is -1.06. The Morgan fingerprint density at radius 3 is 2.86 bits per heavy atom. The normalized spacial score (nSPS) is 17.5. The van der Waals surface area contributed by atoms with E-state index in [1.165, 1.54) is 11.0 Å². The maximum absolute atomic E-state index is 12.1. The van der Waals surface area contributed by atoms with Crippen LogP contribution >= 0.6 is 0 Å². The molecule has 1 unspecified atom stereocenters. The van der Waals surface area contributed by atoms with E-state index in [0.29, 0.717) is 12.2 Å². The number of hydrogen-bond acceptors (Lipinski definition) is 3. The van der Waals surface area contributed by atoms with Gasteiger partial charge in [0.25, 0.3) is 0 Å². The quantitative estimate of drug-likeness (QED) is 0.892. The van der Waals surface area contributed by atoms with Crippen LogP contribution in [0.25, 0.3) is 0 Å². The van der Waals surface area contributed by atoms with Gasteiger partial charge in [-0.05, 0) is 31.9 Å². The highest BCUT2D eigenvalue weighted by molar-refractivity contribution is 6.00. The molecule has 1 fully saturated rings. The number of nitrogens with zero attached hydrogens (tertiary/aromatic N) is 1. The molecular weight excluding hydrogens is 272 g/mol. The lowest BCUT2D eigenvalue weighted by Crippen LogP contribution is -2.37. The van der Waals surface area contributed by atoms with Gasteiger partial charge >= 0.3 is 12.0 Å². The molecular formula is C15H20N2O4. The molecule has 1 atom stereocenters. The van der Waals surface area contributed by atoms with Crippen LogP contribution in [-0.2, 0) is 4.74 Å². The molecule has 0 radical (unpaired) electrons. The van der Waals surface area contributed by atoms with E-state index in [2.05, 4.69) is 5.32 Å². The van der Waals surface area contributed by atoms with E-state index in [1.54, 1.807) is 19.2 Å². The number of ether oxygens (including phenoxy) is 1. The summed E-state index contributed by atoms with van der Waals surface area (Å²) in [4.78, 5) is 24.9. The van der Waals surface area contributed by atoms with E-state index in [1.807, 2.05) is 6.92 Å². The molecule has 0 aliphatic carbocycles. The molecule has 2 N–H and O–H groups in total. The van der Waals surface area contributed by atoms with Crippen molar-refractivity contribution in [2.75, 3.05) is 25.5 Å². The minimum Gasteiger partial charge on any atom is -0.478 e. The Morgan fingerprint density at radius 1 is 1.48 bits per heavy atom. The molecule has 1 aliphatic rings. The summed E-state index contributed by atoms with van der Waals surface area (Å²) < 4.78 is 5.49. The Bertz CT molecular complexity index is 538. The number of rotatable bonds is 4. The van der Waals surface area contributed by atoms with Gasteiger partial charge in [0.2, 0.25) is 0 Å². The number of carbonyl (C=O) groups is 2. The number of nitrogens with one attached hydrogen (secondary N) is 1. The van der Waals surface area contributed by atoms with Crippen LogP contribution in [0.3, 0.4) is 0 Å². The Kier molecular flexibility index (Phi) is 4.80. The second kappa shape index (κ2) is 6.58. The third kappa shape index (κ3) is 3.95. The van der Waals surface area contributed by atoms with Crippen molar-refractivity contribution >= 4 is 17.7 Å². The zero-order valence-electron chi connectivity index (χ0n) is 12.3. The van der Waals surface area contributed by atoms with Gasteiger partial charge in [0.1, 0.15) is 0 Å². The monoisotopic (exact) mass is 292 g/mol. The van der Waals surface area contributed by atoms with E-state index in [4.69, 9.17) is 4.74 Å². The van der Waals surface area contributed by atoms with Crippen LogP contribution in [0.2, 0.25) is 0 Å². The number of hydrogen-bond donors (Lipinski definition) is 2. The smallest absolute Gasteiger partial charge is 0.337 e. The third-order valence-corrected chi connectivity index (χ3v) is 3.50. The summed E-state index contributed by atoms with van der Waals surface area (Å²) in [5.74, 6) is -1.06. The fourth-order valence-corrected chi connectivity index (χ4v) is 2.33. The molecule has 1 saturated heterocycles. The van der Waals surface area contributed by atoms with Crippen molar-refractivity contribution < 1.29 is 19.4 Å². The number of carboxylic acids is 1. The fourth-order valence-electron chi connectivity index (χ4n) is 2.33. The first-order chi connectivity index (χ1) is 9.97. The lowest BCUT2D eigenvalue weighted by atomic mass is 10.1. The van der Waals surface area contributed by atoms with Crippen molar-refractivity contribution in [3.8, 4) is 0 Å². The summed E-state index contributed by atoms with van der Waals surface area (Å²) in [5.41, 5.74) is 1.23. The standard InChI is InChI=1S/C15H20N2O4/c1-10-5-6-13(12(8-10)14(18)19)16-15(20)17(2)9-11-4-3-7-21-11/h5-6,8,11H,3-4,7,9H2,1-2H3,(H,16,20)(H,18,19). The van der Waals surface area contributed by atoms with Crippen LogP contribution in [0.1, 0.15) is 28.8 Å². The van der Waals surface area contributed by atoms with Crippen molar-refractivity contribution in [3.05, 3.63) is 29.3 Å². The summed E-state index contributed by atoms with van der Waals surface area (Å²) in [6, 6.07) is 4.58. The van der Waals surface area contributed by atoms with Gasteiger partial charge in [0.05, 0.1) is 17.4 Å². The van der Waals surface area contributed by atoms with Crippen LogP contribution < -0.4 is 5.32 Å². The maximum Gasteiger partial charge on any atom is 0.337 e. The Morgan fingerprint density at radius 2 is 2.24 bits per heavy atom. The number of aromatic carboxylic acids is 1. The van der Waals surface area contributed by atoms with E-state index >= 15 is 0 Å². The first kappa shape index (κ1) is 15.3. The SMILES string of the molecule is Cc1ccc(NC(=O)N(C)CC2CCCO2)c(C(=O)O)c1. The Balaban J connectivity index is 2.03. The number of amides is 2. The van der Waals surface area contributed by atoms with Crippen LogP contribution in [0.5, 0.6) is 0 Å². The number of carbonyl (C=O) groups excluding carboxylic acids is 1. The molecule has 0 spiro atoms. The molecule has 6 heteroatoms. The molecule has 0 bridgehead atoms. The van der Waals surface area contributed by atoms with E-state index in [0.717, 1.165) is 25.0 Å². The van der Waals surface area contributed by atoms with E-state index < -0.39 is 5.97 Å². The number of benzene rings is 1. The molecule has 114 valence electrons. The molecule has 2 rings (SSSR count). The summed E-state index contributed by atoms with van der Waals surface area (Å²) in [6.07, 6.45) is 2.03. The van der Waals surface area contributed by atoms with Gasteiger partial charge < -0.3 is 20.1 Å². The van der Waals surface area contributed by atoms with Crippen molar-refractivity contribution in [2.45, 2.75) is 25.9 Å². The lowest BCUT2D eigenvalue weighted by molar-refractivity contribution is 0.0697. The topological polar surface area (TPSA) is 78.9 Å². The summed E-state index contributed by atoms with van der Waals surface area (Å²) >= 11 is 0.